The molecule has 0 aromatic carbocycles. The van der Waals surface area contributed by atoms with Crippen molar-refractivity contribution in [3.8, 4) is 0 Å². The first-order chi connectivity index (χ1) is 18.2. The number of ether oxygens (including phenoxy) is 3. The Morgan fingerprint density at radius 3 is 2.74 bits per heavy atom. The average Bonchev–Trinajstić information content (AvgIpc) is 3.22. The Kier molecular flexibility index (Phi) is 6.27. The number of aliphatic hydroxyl groups is 1. The fourth-order valence-electron chi connectivity index (χ4n) is 12.2. The van der Waals surface area contributed by atoms with Crippen LogP contribution in [0.15, 0.2) is 11.6 Å². The van der Waals surface area contributed by atoms with Gasteiger partial charge in [-0.3, -0.25) is 4.90 Å². The molecule has 6 fully saturated rings. The Hall–Kier alpha value is -0.460. The molecule has 5 nitrogen and oxygen atoms in total. The molecule has 0 aromatic rings. The van der Waals surface area contributed by atoms with Gasteiger partial charge in [0, 0.05) is 37.6 Å². The van der Waals surface area contributed by atoms with Crippen molar-refractivity contribution in [1.29, 1.82) is 0 Å². The lowest BCUT2D eigenvalue weighted by molar-refractivity contribution is -0.148. The largest absolute Gasteiger partial charge is 0.389 e. The summed E-state index contributed by atoms with van der Waals surface area (Å²) in [7, 11) is 1.74. The maximum absolute atomic E-state index is 10.4. The van der Waals surface area contributed by atoms with Crippen LogP contribution in [0.1, 0.15) is 85.5 Å². The molecule has 5 aliphatic carbocycles. The first-order valence-electron chi connectivity index (χ1n) is 16.1. The first kappa shape index (κ1) is 26.4. The van der Waals surface area contributed by atoms with E-state index in [1.54, 1.807) is 12.7 Å². The molecule has 0 amide bonds. The van der Waals surface area contributed by atoms with Crippen LogP contribution >= 0.6 is 0 Å². The van der Waals surface area contributed by atoms with E-state index in [0.717, 1.165) is 37.3 Å². The van der Waals surface area contributed by atoms with Gasteiger partial charge in [-0.25, -0.2) is 0 Å². The summed E-state index contributed by atoms with van der Waals surface area (Å²) in [4.78, 5) is 2.75. The highest BCUT2D eigenvalue weighted by molar-refractivity contribution is 5.35. The van der Waals surface area contributed by atoms with Crippen molar-refractivity contribution in [3.05, 3.63) is 11.6 Å². The zero-order valence-corrected chi connectivity index (χ0v) is 24.7. The minimum Gasteiger partial charge on any atom is -0.389 e. The number of methoxy groups -OCH3 is 1. The van der Waals surface area contributed by atoms with Gasteiger partial charge in [0.05, 0.1) is 37.6 Å². The van der Waals surface area contributed by atoms with Crippen molar-refractivity contribution < 1.29 is 19.3 Å². The maximum atomic E-state index is 10.4. The Bertz CT molecular complexity index is 969. The third-order valence-corrected chi connectivity index (χ3v) is 13.9. The highest BCUT2D eigenvalue weighted by Crippen LogP contribution is 2.87. The molecular weight excluding hydrogens is 474 g/mol. The lowest BCUT2D eigenvalue weighted by Gasteiger charge is -2.50. The van der Waals surface area contributed by atoms with Crippen LogP contribution in [0.3, 0.4) is 0 Å². The molecule has 5 heteroatoms. The van der Waals surface area contributed by atoms with E-state index in [2.05, 4.69) is 38.7 Å². The van der Waals surface area contributed by atoms with Gasteiger partial charge in [-0.1, -0.05) is 39.3 Å². The molecule has 2 spiro atoms. The van der Waals surface area contributed by atoms with Gasteiger partial charge in [0.15, 0.2) is 0 Å². The second-order valence-corrected chi connectivity index (χ2v) is 15.3. The molecular formula is C33H53NO4. The first-order valence-corrected chi connectivity index (χ1v) is 16.1. The zero-order valence-electron chi connectivity index (χ0n) is 24.7. The number of aliphatic hydroxyl groups excluding tert-OH is 1. The van der Waals surface area contributed by atoms with Crippen molar-refractivity contribution in [1.82, 2.24) is 4.90 Å². The molecule has 0 radical (unpaired) electrons. The van der Waals surface area contributed by atoms with E-state index in [-0.39, 0.29) is 11.7 Å². The van der Waals surface area contributed by atoms with Gasteiger partial charge in [0.2, 0.25) is 0 Å². The number of rotatable bonds is 6. The standard InChI is InChI=1S/C33H53NO4/c1-21-16-28-29(34(19-21)12-13-37-15-14-36-5)22(2)33(38-28)11-9-26-25-7-6-23-17-24(35)8-10-30(23,3)27(25)18-32(26)20-31(32,33)4/h17,21-22,24-29,35H,6-16,18-20H2,1-5H3/t21-,22+,24-,25-,26-,27-,28+,29-,30-,31?,32?,33+/m0/s1. The van der Waals surface area contributed by atoms with Crippen molar-refractivity contribution in [3.63, 3.8) is 0 Å². The predicted octanol–water partition coefficient (Wildman–Crippen LogP) is 5.46. The maximum Gasteiger partial charge on any atom is 0.0787 e. The van der Waals surface area contributed by atoms with Gasteiger partial charge in [-0.05, 0) is 92.3 Å². The Morgan fingerprint density at radius 2 is 1.92 bits per heavy atom. The summed E-state index contributed by atoms with van der Waals surface area (Å²) in [5.41, 5.74) is 2.74. The predicted molar refractivity (Wildman–Crippen MR) is 149 cm³/mol. The number of fused-ring (bicyclic) bond motifs is 6. The molecule has 214 valence electrons. The fraction of sp³-hybridized carbons (Fsp3) is 0.939. The van der Waals surface area contributed by atoms with Crippen LogP contribution in [0.2, 0.25) is 0 Å². The minimum absolute atomic E-state index is 0.0356. The molecule has 1 N–H and O–H groups in total. The molecule has 38 heavy (non-hydrogen) atoms. The SMILES string of the molecule is COCCOCCN1C[C@@H](C)C[C@H]2O[C@]3(CC[C@H]4[C@@H]5CCC6=C[C@@H](O)CC[C@]6(C)[C@H]5CC45CC53C)[C@H](C)[C@@H]21. The van der Waals surface area contributed by atoms with Gasteiger partial charge < -0.3 is 19.3 Å². The Morgan fingerprint density at radius 1 is 1.08 bits per heavy atom. The van der Waals surface area contributed by atoms with Crippen molar-refractivity contribution in [2.45, 2.75) is 109 Å². The number of likely N-dealkylation sites (tertiary alicyclic amines) is 1. The van der Waals surface area contributed by atoms with E-state index in [9.17, 15) is 5.11 Å². The van der Waals surface area contributed by atoms with Crippen LogP contribution in [0.25, 0.3) is 0 Å². The third kappa shape index (κ3) is 3.41. The van der Waals surface area contributed by atoms with Crippen LogP contribution in [-0.4, -0.2) is 73.9 Å². The smallest absolute Gasteiger partial charge is 0.0787 e. The molecule has 4 saturated carbocycles. The molecule has 12 atom stereocenters. The molecule has 0 aromatic heterocycles. The van der Waals surface area contributed by atoms with Crippen molar-refractivity contribution in [2.75, 3.05) is 40.0 Å². The number of nitrogens with zero attached hydrogens (tertiary/aromatic N) is 1. The summed E-state index contributed by atoms with van der Waals surface area (Å²) in [6.07, 6.45) is 13.8. The highest BCUT2D eigenvalue weighted by atomic mass is 16.5. The molecule has 2 unspecified atom stereocenters. The topological polar surface area (TPSA) is 51.2 Å². The van der Waals surface area contributed by atoms with Crippen molar-refractivity contribution >= 4 is 0 Å². The zero-order chi connectivity index (χ0) is 26.5. The van der Waals surface area contributed by atoms with E-state index in [1.165, 1.54) is 57.9 Å². The highest BCUT2D eigenvalue weighted by Gasteiger charge is 2.84. The summed E-state index contributed by atoms with van der Waals surface area (Å²) < 4.78 is 18.6. The van der Waals surface area contributed by atoms with E-state index in [1.807, 2.05) is 0 Å². The van der Waals surface area contributed by atoms with Crippen LogP contribution < -0.4 is 0 Å². The summed E-state index contributed by atoms with van der Waals surface area (Å²) in [6.45, 7) is 14.5. The summed E-state index contributed by atoms with van der Waals surface area (Å²) in [5, 5.41) is 10.4. The van der Waals surface area contributed by atoms with Gasteiger partial charge in [0.1, 0.15) is 0 Å². The fourth-order valence-corrected chi connectivity index (χ4v) is 12.2. The van der Waals surface area contributed by atoms with E-state index in [4.69, 9.17) is 14.2 Å². The van der Waals surface area contributed by atoms with Gasteiger partial charge >= 0.3 is 0 Å². The van der Waals surface area contributed by atoms with Crippen LogP contribution in [0.4, 0.5) is 0 Å². The third-order valence-electron chi connectivity index (χ3n) is 13.9. The quantitative estimate of drug-likeness (QED) is 0.367. The summed E-state index contributed by atoms with van der Waals surface area (Å²) >= 11 is 0. The molecule has 2 saturated heterocycles. The minimum atomic E-state index is -0.210. The van der Waals surface area contributed by atoms with Gasteiger partial charge in [-0.2, -0.15) is 0 Å². The lowest BCUT2D eigenvalue weighted by atomic mass is 9.56. The lowest BCUT2D eigenvalue weighted by Crippen LogP contribution is -2.55. The second-order valence-electron chi connectivity index (χ2n) is 15.3. The van der Waals surface area contributed by atoms with Crippen LogP contribution in [0, 0.1) is 45.8 Å². The average molecular weight is 528 g/mol. The number of piperidine rings is 1. The summed E-state index contributed by atoms with van der Waals surface area (Å²) in [5.74, 6) is 3.82. The Labute approximate surface area is 231 Å². The molecule has 2 aliphatic heterocycles. The van der Waals surface area contributed by atoms with Gasteiger partial charge in [0.25, 0.3) is 0 Å². The molecule has 2 heterocycles. The number of hydrogen-bond acceptors (Lipinski definition) is 5. The van der Waals surface area contributed by atoms with Crippen LogP contribution in [0.5, 0.6) is 0 Å². The Balaban J connectivity index is 1.14. The van der Waals surface area contributed by atoms with Crippen LogP contribution in [-0.2, 0) is 14.2 Å². The monoisotopic (exact) mass is 527 g/mol. The molecule has 0 bridgehead atoms. The molecule has 7 aliphatic rings. The van der Waals surface area contributed by atoms with E-state index < -0.39 is 0 Å². The van der Waals surface area contributed by atoms with E-state index >= 15 is 0 Å². The van der Waals surface area contributed by atoms with Gasteiger partial charge in [-0.15, -0.1) is 0 Å². The number of hydrogen-bond donors (Lipinski definition) is 1. The molecule has 7 rings (SSSR count). The number of allylic oxidation sites excluding steroid dienone is 1. The normalized spacial score (nSPS) is 55.1. The second kappa shape index (κ2) is 9.02. The summed E-state index contributed by atoms with van der Waals surface area (Å²) in [6, 6.07) is 0.527. The van der Waals surface area contributed by atoms with Crippen molar-refractivity contribution in [2.24, 2.45) is 45.8 Å². The van der Waals surface area contributed by atoms with E-state index in [0.29, 0.717) is 53.4 Å².